The van der Waals surface area contributed by atoms with Crippen LogP contribution in [0.15, 0.2) is 29.0 Å². The van der Waals surface area contributed by atoms with Crippen LogP contribution in [0.4, 0.5) is 0 Å². The molecular formula is C18H19ClN2O3S. The first-order valence-corrected chi connectivity index (χ1v) is 9.38. The largest absolute Gasteiger partial charge is 0.486 e. The molecule has 1 aromatic carbocycles. The van der Waals surface area contributed by atoms with Gasteiger partial charge in [-0.15, -0.1) is 0 Å². The van der Waals surface area contributed by atoms with Gasteiger partial charge in [-0.3, -0.25) is 9.59 Å². The van der Waals surface area contributed by atoms with E-state index >= 15 is 0 Å². The van der Waals surface area contributed by atoms with E-state index in [1.54, 1.807) is 11.3 Å². The third-order valence-electron chi connectivity index (χ3n) is 3.96. The number of hydrogen-bond acceptors (Lipinski definition) is 4. The van der Waals surface area contributed by atoms with E-state index in [1.807, 2.05) is 11.4 Å². The van der Waals surface area contributed by atoms with Gasteiger partial charge in [0.05, 0.1) is 11.6 Å². The minimum Gasteiger partial charge on any atom is -0.486 e. The van der Waals surface area contributed by atoms with Gasteiger partial charge in [-0.1, -0.05) is 11.6 Å². The molecule has 2 amide bonds. The summed E-state index contributed by atoms with van der Waals surface area (Å²) in [6.45, 7) is 2.18. The zero-order valence-corrected chi connectivity index (χ0v) is 15.4. The van der Waals surface area contributed by atoms with Crippen molar-refractivity contribution in [3.63, 3.8) is 0 Å². The monoisotopic (exact) mass is 378 g/mol. The normalized spacial score (nSPS) is 15.4. The van der Waals surface area contributed by atoms with E-state index in [0.29, 0.717) is 30.3 Å². The number of halogens is 1. The average Bonchev–Trinajstić information content (AvgIpc) is 3.22. The Kier molecular flexibility index (Phi) is 5.60. The molecule has 2 heterocycles. The van der Waals surface area contributed by atoms with Crippen LogP contribution in [0, 0.1) is 0 Å². The standard InChI is InChI=1S/C18H19ClN2O3S/c1-11(22)20-4-2-17(23)21-9-15-7-14-6-13(12-3-5-25-10-12)8-16(19)18(14)24-15/h3,5-6,8,10,15H,2,4,7,9H2,1H3,(H,20,22)(H,21,23)/t15-/m1/s1. The first kappa shape index (κ1) is 17.8. The lowest BCUT2D eigenvalue weighted by molar-refractivity contribution is -0.121. The third-order valence-corrected chi connectivity index (χ3v) is 4.92. The summed E-state index contributed by atoms with van der Waals surface area (Å²) in [5.74, 6) is 0.454. The second kappa shape index (κ2) is 7.89. The molecule has 1 aliphatic heterocycles. The van der Waals surface area contributed by atoms with Crippen LogP contribution in [0.1, 0.15) is 18.9 Å². The molecule has 0 saturated carbocycles. The zero-order valence-electron chi connectivity index (χ0n) is 13.8. The topological polar surface area (TPSA) is 67.4 Å². The second-order valence-electron chi connectivity index (χ2n) is 5.94. The number of thiophene rings is 1. The first-order chi connectivity index (χ1) is 12.0. The first-order valence-electron chi connectivity index (χ1n) is 8.05. The van der Waals surface area contributed by atoms with Gasteiger partial charge in [0, 0.05) is 31.9 Å². The van der Waals surface area contributed by atoms with Crippen LogP contribution in [0.3, 0.4) is 0 Å². The lowest BCUT2D eigenvalue weighted by atomic mass is 10.0. The Morgan fingerprint density at radius 2 is 2.16 bits per heavy atom. The third kappa shape index (κ3) is 4.52. The van der Waals surface area contributed by atoms with Crippen molar-refractivity contribution in [1.82, 2.24) is 10.6 Å². The Morgan fingerprint density at radius 1 is 1.32 bits per heavy atom. The molecule has 0 radical (unpaired) electrons. The van der Waals surface area contributed by atoms with Gasteiger partial charge in [-0.25, -0.2) is 0 Å². The highest BCUT2D eigenvalue weighted by Gasteiger charge is 2.26. The second-order valence-corrected chi connectivity index (χ2v) is 7.13. The van der Waals surface area contributed by atoms with E-state index in [0.717, 1.165) is 16.7 Å². The molecule has 0 saturated heterocycles. The molecule has 132 valence electrons. The van der Waals surface area contributed by atoms with Gasteiger partial charge in [-0.2, -0.15) is 11.3 Å². The summed E-state index contributed by atoms with van der Waals surface area (Å²) >= 11 is 8.01. The SMILES string of the molecule is CC(=O)NCCC(=O)NC[C@H]1Cc2cc(-c3ccsc3)cc(Cl)c2O1. The maximum absolute atomic E-state index is 11.8. The van der Waals surface area contributed by atoms with Crippen LogP contribution >= 0.6 is 22.9 Å². The van der Waals surface area contributed by atoms with Crippen molar-refractivity contribution < 1.29 is 14.3 Å². The van der Waals surface area contributed by atoms with Crippen LogP contribution in [0.25, 0.3) is 11.1 Å². The maximum Gasteiger partial charge on any atom is 0.221 e. The van der Waals surface area contributed by atoms with Crippen molar-refractivity contribution in [1.29, 1.82) is 0 Å². The van der Waals surface area contributed by atoms with Gasteiger partial charge in [0.2, 0.25) is 11.8 Å². The zero-order chi connectivity index (χ0) is 17.8. The molecule has 7 heteroatoms. The highest BCUT2D eigenvalue weighted by molar-refractivity contribution is 7.08. The molecule has 0 aliphatic carbocycles. The summed E-state index contributed by atoms with van der Waals surface area (Å²) in [4.78, 5) is 22.6. The number of hydrogen-bond donors (Lipinski definition) is 2. The lowest BCUT2D eigenvalue weighted by Gasteiger charge is -2.12. The minimum absolute atomic E-state index is 0.113. The van der Waals surface area contributed by atoms with Crippen molar-refractivity contribution in [2.45, 2.75) is 25.9 Å². The van der Waals surface area contributed by atoms with Gasteiger partial charge in [-0.05, 0) is 40.1 Å². The van der Waals surface area contributed by atoms with Gasteiger partial charge in [0.25, 0.3) is 0 Å². The molecule has 0 spiro atoms. The lowest BCUT2D eigenvalue weighted by Crippen LogP contribution is -2.36. The van der Waals surface area contributed by atoms with E-state index in [1.165, 1.54) is 6.92 Å². The van der Waals surface area contributed by atoms with Crippen LogP contribution < -0.4 is 15.4 Å². The summed E-state index contributed by atoms with van der Waals surface area (Å²) in [5, 5.41) is 10.1. The predicted molar refractivity (Wildman–Crippen MR) is 99.2 cm³/mol. The molecule has 2 N–H and O–H groups in total. The van der Waals surface area contributed by atoms with E-state index in [9.17, 15) is 9.59 Å². The minimum atomic E-state index is -0.140. The van der Waals surface area contributed by atoms with Gasteiger partial charge >= 0.3 is 0 Å². The van der Waals surface area contributed by atoms with E-state index in [-0.39, 0.29) is 24.3 Å². The molecule has 1 aliphatic rings. The number of carbonyl (C=O) groups is 2. The summed E-state index contributed by atoms with van der Waals surface area (Å²) < 4.78 is 5.89. The summed E-state index contributed by atoms with van der Waals surface area (Å²) in [6, 6.07) is 6.07. The smallest absolute Gasteiger partial charge is 0.221 e. The van der Waals surface area contributed by atoms with Crippen LogP contribution in [-0.2, 0) is 16.0 Å². The molecule has 0 fully saturated rings. The van der Waals surface area contributed by atoms with Crippen LogP contribution in [-0.4, -0.2) is 31.0 Å². The number of ether oxygens (including phenoxy) is 1. The van der Waals surface area contributed by atoms with Crippen molar-refractivity contribution in [3.8, 4) is 16.9 Å². The van der Waals surface area contributed by atoms with Crippen molar-refractivity contribution in [3.05, 3.63) is 39.5 Å². The molecule has 0 bridgehead atoms. The Morgan fingerprint density at radius 3 is 2.88 bits per heavy atom. The summed E-state index contributed by atoms with van der Waals surface area (Å²) in [5.41, 5.74) is 3.28. The number of nitrogens with one attached hydrogen (secondary N) is 2. The Hall–Kier alpha value is -2.05. The predicted octanol–water partition coefficient (Wildman–Crippen LogP) is 3.01. The summed E-state index contributed by atoms with van der Waals surface area (Å²) in [6.07, 6.45) is 0.830. The van der Waals surface area contributed by atoms with E-state index < -0.39 is 0 Å². The highest BCUT2D eigenvalue weighted by Crippen LogP contribution is 2.39. The fourth-order valence-electron chi connectivity index (χ4n) is 2.76. The van der Waals surface area contributed by atoms with Crippen molar-refractivity contribution in [2.75, 3.05) is 13.1 Å². The van der Waals surface area contributed by atoms with Crippen LogP contribution in [0.5, 0.6) is 5.75 Å². The molecule has 0 unspecified atom stereocenters. The molecular weight excluding hydrogens is 360 g/mol. The summed E-state index contributed by atoms with van der Waals surface area (Å²) in [7, 11) is 0. The molecule has 5 nitrogen and oxygen atoms in total. The number of carbonyl (C=O) groups excluding carboxylic acids is 2. The van der Waals surface area contributed by atoms with Gasteiger partial charge in [0.15, 0.2) is 0 Å². The molecule has 2 aromatic rings. The Labute approximate surface area is 155 Å². The molecule has 3 rings (SSSR count). The maximum atomic E-state index is 11.8. The van der Waals surface area contributed by atoms with Crippen LogP contribution in [0.2, 0.25) is 5.02 Å². The fraction of sp³-hybridized carbons (Fsp3) is 0.333. The average molecular weight is 379 g/mol. The number of amides is 2. The molecule has 25 heavy (non-hydrogen) atoms. The van der Waals surface area contributed by atoms with E-state index in [4.69, 9.17) is 16.3 Å². The fourth-order valence-corrected chi connectivity index (χ4v) is 3.71. The van der Waals surface area contributed by atoms with Crippen molar-refractivity contribution in [2.24, 2.45) is 0 Å². The van der Waals surface area contributed by atoms with Gasteiger partial charge < -0.3 is 15.4 Å². The van der Waals surface area contributed by atoms with E-state index in [2.05, 4.69) is 28.1 Å². The number of fused-ring (bicyclic) bond motifs is 1. The number of rotatable bonds is 6. The molecule has 1 aromatic heterocycles. The Balaban J connectivity index is 1.56. The van der Waals surface area contributed by atoms with Crippen molar-refractivity contribution >= 4 is 34.8 Å². The Bertz CT molecular complexity index is 777. The quantitative estimate of drug-likeness (QED) is 0.811. The molecule has 1 atom stereocenters. The number of benzene rings is 1. The highest BCUT2D eigenvalue weighted by atomic mass is 35.5. The van der Waals surface area contributed by atoms with Gasteiger partial charge in [0.1, 0.15) is 11.9 Å².